The first kappa shape index (κ1) is 25.6. The van der Waals surface area contributed by atoms with Crippen LogP contribution in [0.5, 0.6) is 0 Å². The van der Waals surface area contributed by atoms with Crippen LogP contribution in [0.3, 0.4) is 0 Å². The molecule has 29 heavy (non-hydrogen) atoms. The third-order valence-electron chi connectivity index (χ3n) is 5.46. The van der Waals surface area contributed by atoms with Crippen molar-refractivity contribution in [2.24, 2.45) is 0 Å². The van der Waals surface area contributed by atoms with Crippen LogP contribution in [0.4, 0.5) is 0 Å². The van der Waals surface area contributed by atoms with Gasteiger partial charge in [-0.15, -0.1) is 0 Å². The van der Waals surface area contributed by atoms with E-state index in [0.717, 1.165) is 38.5 Å². The van der Waals surface area contributed by atoms with Crippen LogP contribution in [0.2, 0.25) is 0 Å². The standard InChI is InChI=1S/C25H42O4/c1-2-3-4-5-6-12-17-24(29-21-22-14-9-7-10-15-22)20-19-23(26)16-11-8-13-18-25(27)28/h7,9-10,14-15,23-24,26H,2-6,8,11-13,16-21H2,1H3,(H,27,28). The Labute approximate surface area is 177 Å². The Kier molecular flexibility index (Phi) is 15.4. The van der Waals surface area contributed by atoms with Crippen molar-refractivity contribution in [3.8, 4) is 0 Å². The Balaban J connectivity index is 2.28. The zero-order valence-electron chi connectivity index (χ0n) is 18.4. The van der Waals surface area contributed by atoms with Gasteiger partial charge < -0.3 is 14.9 Å². The van der Waals surface area contributed by atoms with Gasteiger partial charge in [0.1, 0.15) is 0 Å². The molecule has 0 amide bonds. The normalized spacial score (nSPS) is 13.3. The number of carbonyl (C=O) groups is 1. The highest BCUT2D eigenvalue weighted by molar-refractivity contribution is 5.66. The molecule has 4 heteroatoms. The van der Waals surface area contributed by atoms with Gasteiger partial charge in [0, 0.05) is 6.42 Å². The van der Waals surface area contributed by atoms with Crippen molar-refractivity contribution in [2.45, 2.75) is 116 Å². The largest absolute Gasteiger partial charge is 0.481 e. The second kappa shape index (κ2) is 17.5. The number of aliphatic hydroxyl groups is 1. The lowest BCUT2D eigenvalue weighted by Crippen LogP contribution is -2.17. The van der Waals surface area contributed by atoms with E-state index >= 15 is 0 Å². The van der Waals surface area contributed by atoms with Crippen molar-refractivity contribution >= 4 is 5.97 Å². The molecular formula is C25H42O4. The van der Waals surface area contributed by atoms with Gasteiger partial charge in [0.05, 0.1) is 18.8 Å². The summed E-state index contributed by atoms with van der Waals surface area (Å²) in [6.45, 7) is 2.87. The molecule has 1 aromatic carbocycles. The smallest absolute Gasteiger partial charge is 0.303 e. The van der Waals surface area contributed by atoms with Crippen LogP contribution in [-0.2, 0) is 16.1 Å². The topological polar surface area (TPSA) is 66.8 Å². The average Bonchev–Trinajstić information content (AvgIpc) is 2.72. The number of carboxylic acids is 1. The van der Waals surface area contributed by atoms with E-state index in [1.807, 2.05) is 18.2 Å². The summed E-state index contributed by atoms with van der Waals surface area (Å²) in [6, 6.07) is 10.3. The molecule has 2 N–H and O–H groups in total. The van der Waals surface area contributed by atoms with Crippen molar-refractivity contribution in [1.29, 1.82) is 0 Å². The molecule has 166 valence electrons. The molecule has 0 fully saturated rings. The lowest BCUT2D eigenvalue weighted by molar-refractivity contribution is -0.137. The second-order valence-electron chi connectivity index (χ2n) is 8.20. The molecule has 1 rings (SSSR count). The fourth-order valence-corrected chi connectivity index (χ4v) is 3.61. The first-order valence-electron chi connectivity index (χ1n) is 11.7. The summed E-state index contributed by atoms with van der Waals surface area (Å²) in [5.41, 5.74) is 1.19. The summed E-state index contributed by atoms with van der Waals surface area (Å²) >= 11 is 0. The lowest BCUT2D eigenvalue weighted by atomic mass is 10.00. The van der Waals surface area contributed by atoms with E-state index in [1.54, 1.807) is 0 Å². The zero-order chi connectivity index (χ0) is 21.2. The number of ether oxygens (including phenoxy) is 1. The van der Waals surface area contributed by atoms with Crippen molar-refractivity contribution < 1.29 is 19.7 Å². The van der Waals surface area contributed by atoms with E-state index in [1.165, 1.54) is 44.1 Å². The highest BCUT2D eigenvalue weighted by atomic mass is 16.5. The van der Waals surface area contributed by atoms with Gasteiger partial charge in [-0.25, -0.2) is 0 Å². The summed E-state index contributed by atoms with van der Waals surface area (Å²) in [5.74, 6) is -0.737. The summed E-state index contributed by atoms with van der Waals surface area (Å²) < 4.78 is 6.20. The zero-order valence-corrected chi connectivity index (χ0v) is 18.4. The maximum atomic E-state index is 10.5. The first-order valence-corrected chi connectivity index (χ1v) is 11.7. The SMILES string of the molecule is CCCCCCCCC(CCC(O)CCCCCC(=O)O)OCc1ccccc1. The van der Waals surface area contributed by atoms with E-state index in [0.29, 0.717) is 13.0 Å². The number of unbranched alkanes of at least 4 members (excludes halogenated alkanes) is 7. The van der Waals surface area contributed by atoms with E-state index in [9.17, 15) is 9.90 Å². The molecule has 0 heterocycles. The van der Waals surface area contributed by atoms with E-state index in [4.69, 9.17) is 9.84 Å². The van der Waals surface area contributed by atoms with Gasteiger partial charge in [0.15, 0.2) is 0 Å². The van der Waals surface area contributed by atoms with Gasteiger partial charge in [0.25, 0.3) is 0 Å². The number of hydrogen-bond acceptors (Lipinski definition) is 3. The maximum Gasteiger partial charge on any atom is 0.303 e. The summed E-state index contributed by atoms with van der Waals surface area (Å²) in [7, 11) is 0. The summed E-state index contributed by atoms with van der Waals surface area (Å²) in [5, 5.41) is 19.0. The van der Waals surface area contributed by atoms with Gasteiger partial charge in [-0.05, 0) is 37.7 Å². The van der Waals surface area contributed by atoms with Crippen LogP contribution in [0.25, 0.3) is 0 Å². The van der Waals surface area contributed by atoms with Gasteiger partial charge in [-0.2, -0.15) is 0 Å². The Morgan fingerprint density at radius 1 is 0.862 bits per heavy atom. The van der Waals surface area contributed by atoms with Crippen LogP contribution < -0.4 is 0 Å². The van der Waals surface area contributed by atoms with Crippen LogP contribution >= 0.6 is 0 Å². The highest BCUT2D eigenvalue weighted by Gasteiger charge is 2.13. The minimum absolute atomic E-state index is 0.197. The first-order chi connectivity index (χ1) is 14.1. The molecule has 0 saturated carbocycles. The average molecular weight is 407 g/mol. The molecule has 0 spiro atoms. The third kappa shape index (κ3) is 15.2. The number of aliphatic hydroxyl groups excluding tert-OH is 1. The molecule has 2 unspecified atom stereocenters. The number of aliphatic carboxylic acids is 1. The highest BCUT2D eigenvalue weighted by Crippen LogP contribution is 2.18. The maximum absolute atomic E-state index is 10.5. The molecular weight excluding hydrogens is 364 g/mol. The summed E-state index contributed by atoms with van der Waals surface area (Å²) in [6.07, 6.45) is 13.7. The molecule has 0 aliphatic carbocycles. The predicted octanol–water partition coefficient (Wildman–Crippen LogP) is 6.50. The molecule has 0 aromatic heterocycles. The molecule has 2 atom stereocenters. The fourth-order valence-electron chi connectivity index (χ4n) is 3.61. The van der Waals surface area contributed by atoms with Crippen molar-refractivity contribution in [3.63, 3.8) is 0 Å². The monoisotopic (exact) mass is 406 g/mol. The molecule has 1 aromatic rings. The number of hydrogen-bond donors (Lipinski definition) is 2. The second-order valence-corrected chi connectivity index (χ2v) is 8.20. The van der Waals surface area contributed by atoms with Crippen LogP contribution in [-0.4, -0.2) is 28.4 Å². The molecule has 0 aliphatic rings. The predicted molar refractivity (Wildman–Crippen MR) is 119 cm³/mol. The van der Waals surface area contributed by atoms with Crippen molar-refractivity contribution in [3.05, 3.63) is 35.9 Å². The van der Waals surface area contributed by atoms with Crippen molar-refractivity contribution in [2.75, 3.05) is 0 Å². The van der Waals surface area contributed by atoms with Gasteiger partial charge in [-0.3, -0.25) is 4.79 Å². The number of benzene rings is 1. The van der Waals surface area contributed by atoms with E-state index < -0.39 is 5.97 Å². The van der Waals surface area contributed by atoms with Crippen LogP contribution in [0, 0.1) is 0 Å². The van der Waals surface area contributed by atoms with E-state index in [-0.39, 0.29) is 18.6 Å². The number of rotatable bonds is 19. The minimum atomic E-state index is -0.737. The molecule has 0 aliphatic heterocycles. The molecule has 0 bridgehead atoms. The Bertz CT molecular complexity index is 503. The van der Waals surface area contributed by atoms with Gasteiger partial charge >= 0.3 is 5.97 Å². The minimum Gasteiger partial charge on any atom is -0.481 e. The fraction of sp³-hybridized carbons (Fsp3) is 0.720. The van der Waals surface area contributed by atoms with Gasteiger partial charge in [0.2, 0.25) is 0 Å². The molecule has 0 radical (unpaired) electrons. The quantitative estimate of drug-likeness (QED) is 0.257. The number of carboxylic acid groups (broad SMARTS) is 1. The van der Waals surface area contributed by atoms with Gasteiger partial charge in [-0.1, -0.05) is 88.6 Å². The Morgan fingerprint density at radius 3 is 2.24 bits per heavy atom. The summed E-state index contributed by atoms with van der Waals surface area (Å²) in [4.78, 5) is 10.5. The Morgan fingerprint density at radius 2 is 1.52 bits per heavy atom. The van der Waals surface area contributed by atoms with Crippen LogP contribution in [0.1, 0.15) is 102 Å². The molecule has 0 saturated heterocycles. The van der Waals surface area contributed by atoms with Crippen LogP contribution in [0.15, 0.2) is 30.3 Å². The Hall–Kier alpha value is -1.39. The lowest BCUT2D eigenvalue weighted by Gasteiger charge is -2.20. The van der Waals surface area contributed by atoms with Crippen molar-refractivity contribution in [1.82, 2.24) is 0 Å². The van der Waals surface area contributed by atoms with E-state index in [2.05, 4.69) is 19.1 Å². The molecule has 4 nitrogen and oxygen atoms in total. The third-order valence-corrected chi connectivity index (χ3v) is 5.46.